The fraction of sp³-hybridized carbons (Fsp3) is 0.875. The number of hydrogen-bond donors (Lipinski definition) is 1. The summed E-state index contributed by atoms with van der Waals surface area (Å²) in [5.41, 5.74) is -0.210. The number of aliphatic hydroxyl groups excluding tert-OH is 1. The van der Waals surface area contributed by atoms with Crippen molar-refractivity contribution in [2.24, 2.45) is 75.4 Å². The molecule has 0 radical (unpaired) electrons. The smallest absolute Gasteiger partial charge is 0.312 e. The monoisotopic (exact) mass is 368 g/mol. The summed E-state index contributed by atoms with van der Waals surface area (Å²) in [6.45, 7) is 7.12. The zero-order valence-corrected chi connectivity index (χ0v) is 16.9. The van der Waals surface area contributed by atoms with Crippen molar-refractivity contribution in [3.8, 4) is 0 Å². The number of ether oxygens (including phenoxy) is 1. The first-order valence-corrected chi connectivity index (χ1v) is 11.3. The van der Waals surface area contributed by atoms with Crippen LogP contribution < -0.4 is 0 Å². The van der Waals surface area contributed by atoms with E-state index in [0.717, 1.165) is 12.8 Å². The highest BCUT2D eigenvalue weighted by atomic mass is 16.5. The SMILES string of the molecule is COC(=O)[C@]1(C)[C@@H]2[C@@H]3CC=C[C@@H]3[C@@H]3[C@@H]2[C@H]2[C@@H]1[C@H]1CC[C@]4(C)[C@@H]1[C@@H]2[C@@]3(C)[C@H]4O. The van der Waals surface area contributed by atoms with Gasteiger partial charge in [-0.15, -0.1) is 0 Å². The number of fused-ring (bicyclic) bond motifs is 5. The quantitative estimate of drug-likeness (QED) is 0.569. The van der Waals surface area contributed by atoms with Crippen LogP contribution >= 0.6 is 0 Å². The minimum atomic E-state index is -0.319. The Morgan fingerprint density at radius 3 is 2.48 bits per heavy atom. The lowest BCUT2D eigenvalue weighted by molar-refractivity contribution is -0.160. The highest BCUT2D eigenvalue weighted by Gasteiger charge is 2.88. The highest BCUT2D eigenvalue weighted by Crippen LogP contribution is 2.89. The standard InChI is InChI=1S/C24H32O3/c1-22-9-8-12-17-14-13-15(23(2,20(22)25)19(14)18(12)22)10-6-5-7-11(10)16(13)24(17,3)21(26)27-4/h5-6,10-20,25H,7-9H2,1-4H3/t10-,11+,12+,13-,14-,15+,16+,17-,18-,19+,20-,22+,23-,24+/m0/s1. The second kappa shape index (κ2) is 4.20. The van der Waals surface area contributed by atoms with Crippen LogP contribution in [0.15, 0.2) is 12.2 Å². The predicted octanol–water partition coefficient (Wildman–Crippen LogP) is 3.52. The van der Waals surface area contributed by atoms with E-state index in [1.807, 2.05) is 0 Å². The van der Waals surface area contributed by atoms with E-state index in [2.05, 4.69) is 32.9 Å². The zero-order valence-electron chi connectivity index (χ0n) is 16.9. The number of hydrogen-bond acceptors (Lipinski definition) is 3. The number of aliphatic hydroxyl groups is 1. The summed E-state index contributed by atoms with van der Waals surface area (Å²) in [6.07, 6.45) is 8.13. The molecule has 0 amide bonds. The maximum Gasteiger partial charge on any atom is 0.312 e. The van der Waals surface area contributed by atoms with Crippen LogP contribution in [-0.2, 0) is 9.53 Å². The minimum Gasteiger partial charge on any atom is -0.469 e. The summed E-state index contributed by atoms with van der Waals surface area (Å²) >= 11 is 0. The van der Waals surface area contributed by atoms with Crippen LogP contribution in [0, 0.1) is 75.4 Å². The molecular formula is C24H32O3. The highest BCUT2D eigenvalue weighted by molar-refractivity contribution is 5.78. The van der Waals surface area contributed by atoms with Crippen LogP contribution in [0.2, 0.25) is 0 Å². The summed E-state index contributed by atoms with van der Waals surface area (Å²) in [7, 11) is 1.60. The molecule has 7 rings (SSSR count). The summed E-state index contributed by atoms with van der Waals surface area (Å²) in [5, 5.41) is 11.8. The van der Waals surface area contributed by atoms with Gasteiger partial charge in [0.1, 0.15) is 0 Å². The van der Waals surface area contributed by atoms with Gasteiger partial charge in [-0.05, 0) is 90.8 Å². The summed E-state index contributed by atoms with van der Waals surface area (Å²) < 4.78 is 5.50. The molecule has 0 aliphatic heterocycles. The van der Waals surface area contributed by atoms with Gasteiger partial charge in [-0.1, -0.05) is 26.0 Å². The van der Waals surface area contributed by atoms with Crippen molar-refractivity contribution < 1.29 is 14.6 Å². The Hall–Kier alpha value is -0.830. The van der Waals surface area contributed by atoms with Gasteiger partial charge < -0.3 is 9.84 Å². The van der Waals surface area contributed by atoms with Gasteiger partial charge in [0.2, 0.25) is 0 Å². The van der Waals surface area contributed by atoms with Crippen molar-refractivity contribution in [1.82, 2.24) is 0 Å². The van der Waals surface area contributed by atoms with Gasteiger partial charge in [-0.3, -0.25) is 4.79 Å². The van der Waals surface area contributed by atoms with Gasteiger partial charge in [0.15, 0.2) is 0 Å². The van der Waals surface area contributed by atoms with Crippen LogP contribution in [0.5, 0.6) is 0 Å². The van der Waals surface area contributed by atoms with Crippen LogP contribution in [0.1, 0.15) is 40.0 Å². The van der Waals surface area contributed by atoms with Gasteiger partial charge in [0.25, 0.3) is 0 Å². The first kappa shape index (κ1) is 16.0. The lowest BCUT2D eigenvalue weighted by atomic mass is 9.64. The van der Waals surface area contributed by atoms with Gasteiger partial charge in [0, 0.05) is 5.41 Å². The molecule has 6 fully saturated rings. The molecule has 0 aromatic carbocycles. The van der Waals surface area contributed by atoms with Crippen molar-refractivity contribution in [3.05, 3.63) is 12.2 Å². The van der Waals surface area contributed by atoms with Crippen LogP contribution in [0.4, 0.5) is 0 Å². The molecule has 0 unspecified atom stereocenters. The molecule has 3 heteroatoms. The summed E-state index contributed by atoms with van der Waals surface area (Å²) in [4.78, 5) is 13.3. The van der Waals surface area contributed by atoms with Crippen molar-refractivity contribution in [1.29, 1.82) is 0 Å². The lowest BCUT2D eigenvalue weighted by Gasteiger charge is -2.41. The molecule has 0 spiro atoms. The number of carbonyl (C=O) groups excluding carboxylic acids is 1. The van der Waals surface area contributed by atoms with Crippen LogP contribution in [0.3, 0.4) is 0 Å². The van der Waals surface area contributed by atoms with Gasteiger partial charge in [0.05, 0.1) is 18.6 Å². The Bertz CT molecular complexity index is 803. The van der Waals surface area contributed by atoms with E-state index in [-0.39, 0.29) is 28.3 Å². The summed E-state index contributed by atoms with van der Waals surface area (Å²) in [5.74, 6) is 5.83. The number of methoxy groups -OCH3 is 1. The maximum absolute atomic E-state index is 13.3. The van der Waals surface area contributed by atoms with E-state index < -0.39 is 0 Å². The Kier molecular flexibility index (Phi) is 2.49. The molecule has 146 valence electrons. The molecule has 0 aromatic heterocycles. The second-order valence-corrected chi connectivity index (χ2v) is 11.9. The van der Waals surface area contributed by atoms with E-state index in [4.69, 9.17) is 4.74 Å². The van der Waals surface area contributed by atoms with Crippen molar-refractivity contribution in [3.63, 3.8) is 0 Å². The maximum atomic E-state index is 13.3. The average Bonchev–Trinajstić information content (AvgIpc) is 3.42. The molecule has 6 saturated carbocycles. The van der Waals surface area contributed by atoms with Crippen LogP contribution in [0.25, 0.3) is 0 Å². The fourth-order valence-electron chi connectivity index (χ4n) is 12.0. The van der Waals surface area contributed by atoms with Gasteiger partial charge in [-0.25, -0.2) is 0 Å². The molecule has 0 heterocycles. The van der Waals surface area contributed by atoms with Gasteiger partial charge in [-0.2, -0.15) is 0 Å². The number of esters is 1. The molecule has 27 heavy (non-hydrogen) atoms. The third-order valence-corrected chi connectivity index (χ3v) is 12.0. The van der Waals surface area contributed by atoms with E-state index in [1.54, 1.807) is 7.11 Å². The Balaban J connectivity index is 1.52. The minimum absolute atomic E-state index is 0.0476. The third kappa shape index (κ3) is 1.22. The van der Waals surface area contributed by atoms with E-state index in [0.29, 0.717) is 59.2 Å². The van der Waals surface area contributed by atoms with E-state index in [9.17, 15) is 9.90 Å². The van der Waals surface area contributed by atoms with Gasteiger partial charge >= 0.3 is 5.97 Å². The van der Waals surface area contributed by atoms with Crippen LogP contribution in [-0.4, -0.2) is 24.3 Å². The second-order valence-electron chi connectivity index (χ2n) is 11.9. The molecule has 0 aromatic rings. The number of rotatable bonds is 1. The van der Waals surface area contributed by atoms with Crippen molar-refractivity contribution in [2.45, 2.75) is 46.1 Å². The summed E-state index contributed by atoms with van der Waals surface area (Å²) in [6, 6.07) is 0. The average molecular weight is 369 g/mol. The molecule has 0 saturated heterocycles. The molecule has 14 atom stereocenters. The first-order valence-electron chi connectivity index (χ1n) is 11.3. The first-order chi connectivity index (χ1) is 12.8. The largest absolute Gasteiger partial charge is 0.469 e. The van der Waals surface area contributed by atoms with Crippen molar-refractivity contribution >= 4 is 5.97 Å². The van der Waals surface area contributed by atoms with E-state index >= 15 is 0 Å². The van der Waals surface area contributed by atoms with E-state index in [1.165, 1.54) is 6.42 Å². The Morgan fingerprint density at radius 2 is 1.74 bits per heavy atom. The molecule has 3 nitrogen and oxygen atoms in total. The topological polar surface area (TPSA) is 46.5 Å². The number of carbonyl (C=O) groups is 1. The number of allylic oxidation sites excluding steroid dienone is 2. The molecular weight excluding hydrogens is 336 g/mol. The molecule has 0 bridgehead atoms. The lowest BCUT2D eigenvalue weighted by Crippen LogP contribution is -2.45. The zero-order chi connectivity index (χ0) is 18.7. The fourth-order valence-corrected chi connectivity index (χ4v) is 12.0. The Labute approximate surface area is 161 Å². The normalized spacial score (nSPS) is 70.8. The molecule has 7 aliphatic carbocycles. The predicted molar refractivity (Wildman–Crippen MR) is 100 cm³/mol. The van der Waals surface area contributed by atoms with Crippen molar-refractivity contribution in [2.75, 3.05) is 7.11 Å². The Morgan fingerprint density at radius 1 is 1.04 bits per heavy atom. The molecule has 7 aliphatic rings. The third-order valence-electron chi connectivity index (χ3n) is 12.0. The molecule has 1 N–H and O–H groups in total.